The molecule has 0 fully saturated rings. The van der Waals surface area contributed by atoms with Gasteiger partial charge in [-0.2, -0.15) is 13.2 Å². The molecule has 0 saturated heterocycles. The van der Waals surface area contributed by atoms with Crippen molar-refractivity contribution in [2.75, 3.05) is 7.11 Å². The smallest absolute Gasteiger partial charge is 0.416 e. The predicted octanol–water partition coefficient (Wildman–Crippen LogP) is 3.21. The molecule has 0 aliphatic rings. The van der Waals surface area contributed by atoms with Crippen molar-refractivity contribution in [2.24, 2.45) is 0 Å². The lowest BCUT2D eigenvalue weighted by Gasteiger charge is -2.13. The van der Waals surface area contributed by atoms with Crippen molar-refractivity contribution in [1.29, 1.82) is 0 Å². The maximum Gasteiger partial charge on any atom is 0.416 e. The monoisotopic (exact) mass is 270 g/mol. The van der Waals surface area contributed by atoms with E-state index in [1.807, 2.05) is 0 Å². The lowest BCUT2D eigenvalue weighted by atomic mass is 10.0. The Labute approximate surface area is 99.1 Å². The molecular formula is C10H7ClF4O2. The van der Waals surface area contributed by atoms with Gasteiger partial charge in [0.05, 0.1) is 24.1 Å². The number of ether oxygens (including phenoxy) is 1. The summed E-state index contributed by atoms with van der Waals surface area (Å²) in [5.74, 6) is -2.23. The summed E-state index contributed by atoms with van der Waals surface area (Å²) in [6, 6.07) is 1.42. The largest absolute Gasteiger partial charge is 0.469 e. The molecular weight excluding hydrogens is 264 g/mol. The number of carbonyl (C=O) groups excluding carboxylic acids is 1. The Kier molecular flexibility index (Phi) is 3.98. The quantitative estimate of drug-likeness (QED) is 0.609. The van der Waals surface area contributed by atoms with E-state index in [9.17, 15) is 22.4 Å². The molecule has 2 nitrogen and oxygen atoms in total. The molecule has 0 heterocycles. The molecule has 0 spiro atoms. The highest BCUT2D eigenvalue weighted by Gasteiger charge is 2.35. The number of hydrogen-bond acceptors (Lipinski definition) is 2. The van der Waals surface area contributed by atoms with Crippen molar-refractivity contribution in [3.63, 3.8) is 0 Å². The fraction of sp³-hybridized carbons (Fsp3) is 0.300. The second kappa shape index (κ2) is 4.91. The van der Waals surface area contributed by atoms with Gasteiger partial charge in [0.15, 0.2) is 0 Å². The van der Waals surface area contributed by atoms with Crippen LogP contribution in [0.4, 0.5) is 17.6 Å². The number of rotatable bonds is 2. The third-order valence-corrected chi connectivity index (χ3v) is 2.34. The van der Waals surface area contributed by atoms with Crippen LogP contribution in [0.3, 0.4) is 0 Å². The topological polar surface area (TPSA) is 26.3 Å². The Morgan fingerprint density at radius 1 is 1.41 bits per heavy atom. The molecule has 0 radical (unpaired) electrons. The molecule has 0 amide bonds. The lowest BCUT2D eigenvalue weighted by Crippen LogP contribution is -2.15. The summed E-state index contributed by atoms with van der Waals surface area (Å²) in [5.41, 5.74) is -2.04. The first-order chi connectivity index (χ1) is 7.77. The van der Waals surface area contributed by atoms with Crippen LogP contribution in [0.5, 0.6) is 0 Å². The van der Waals surface area contributed by atoms with E-state index in [1.54, 1.807) is 0 Å². The van der Waals surface area contributed by atoms with Crippen molar-refractivity contribution in [1.82, 2.24) is 0 Å². The summed E-state index contributed by atoms with van der Waals surface area (Å²) < 4.78 is 55.3. The molecule has 7 heteroatoms. The molecule has 0 saturated carbocycles. The van der Waals surface area contributed by atoms with Crippen LogP contribution >= 0.6 is 11.6 Å². The first-order valence-corrected chi connectivity index (χ1v) is 4.76. The van der Waals surface area contributed by atoms with Crippen LogP contribution in [0.1, 0.15) is 11.1 Å². The SMILES string of the molecule is COC(=O)Cc1c(C(F)(F)F)ccc(Cl)c1F. The summed E-state index contributed by atoms with van der Waals surface area (Å²) in [6.45, 7) is 0. The zero-order valence-corrected chi connectivity index (χ0v) is 9.32. The van der Waals surface area contributed by atoms with Crippen LogP contribution in [0.25, 0.3) is 0 Å². The lowest BCUT2D eigenvalue weighted by molar-refractivity contribution is -0.141. The van der Waals surface area contributed by atoms with E-state index in [-0.39, 0.29) is 0 Å². The number of carbonyl (C=O) groups is 1. The van der Waals surface area contributed by atoms with Crippen molar-refractivity contribution >= 4 is 17.6 Å². The molecule has 1 aromatic carbocycles. The molecule has 0 aliphatic heterocycles. The van der Waals surface area contributed by atoms with Crippen molar-refractivity contribution in [3.8, 4) is 0 Å². The van der Waals surface area contributed by atoms with Crippen molar-refractivity contribution in [2.45, 2.75) is 12.6 Å². The van der Waals surface area contributed by atoms with Gasteiger partial charge in [-0.15, -0.1) is 0 Å². The zero-order valence-electron chi connectivity index (χ0n) is 8.57. The fourth-order valence-electron chi connectivity index (χ4n) is 1.25. The third kappa shape index (κ3) is 3.09. The first-order valence-electron chi connectivity index (χ1n) is 4.38. The Hall–Kier alpha value is -1.30. The maximum absolute atomic E-state index is 13.4. The third-order valence-electron chi connectivity index (χ3n) is 2.05. The average Bonchev–Trinajstić information content (AvgIpc) is 2.22. The summed E-state index contributed by atoms with van der Waals surface area (Å²) in [5, 5.41) is -0.475. The molecule has 0 bridgehead atoms. The van der Waals surface area contributed by atoms with Crippen LogP contribution in [0, 0.1) is 5.82 Å². The maximum atomic E-state index is 13.4. The summed E-state index contributed by atoms with van der Waals surface area (Å²) in [7, 11) is 0.998. The number of alkyl halides is 3. The van der Waals surface area contributed by atoms with E-state index in [1.165, 1.54) is 0 Å². The fourth-order valence-corrected chi connectivity index (χ4v) is 1.42. The summed E-state index contributed by atoms with van der Waals surface area (Å²) in [4.78, 5) is 10.9. The highest BCUT2D eigenvalue weighted by Crippen LogP contribution is 2.35. The minimum atomic E-state index is -4.76. The Morgan fingerprint density at radius 2 is 2.00 bits per heavy atom. The average molecular weight is 271 g/mol. The van der Waals surface area contributed by atoms with Crippen LogP contribution < -0.4 is 0 Å². The normalized spacial score (nSPS) is 11.4. The van der Waals surface area contributed by atoms with Gasteiger partial charge in [-0.25, -0.2) is 4.39 Å². The van der Waals surface area contributed by atoms with Gasteiger partial charge < -0.3 is 4.74 Å². The predicted molar refractivity (Wildman–Crippen MR) is 52.1 cm³/mol. The van der Waals surface area contributed by atoms with Gasteiger partial charge >= 0.3 is 12.1 Å². The van der Waals surface area contributed by atoms with E-state index in [0.717, 1.165) is 13.2 Å². The molecule has 94 valence electrons. The van der Waals surface area contributed by atoms with E-state index in [2.05, 4.69) is 4.74 Å². The molecule has 0 aromatic heterocycles. The number of halogens is 5. The van der Waals surface area contributed by atoms with Crippen molar-refractivity contribution < 1.29 is 27.1 Å². The number of esters is 1. The van der Waals surface area contributed by atoms with E-state index in [0.29, 0.717) is 6.07 Å². The number of hydrogen-bond donors (Lipinski definition) is 0. The Bertz CT molecular complexity index is 443. The van der Waals surface area contributed by atoms with Gasteiger partial charge in [0.25, 0.3) is 0 Å². The molecule has 17 heavy (non-hydrogen) atoms. The van der Waals surface area contributed by atoms with Gasteiger partial charge in [-0.1, -0.05) is 11.6 Å². The van der Waals surface area contributed by atoms with Gasteiger partial charge in [0, 0.05) is 5.56 Å². The van der Waals surface area contributed by atoms with Crippen LogP contribution in [0.15, 0.2) is 12.1 Å². The van der Waals surface area contributed by atoms with Crippen LogP contribution in [0.2, 0.25) is 5.02 Å². The number of benzene rings is 1. The molecule has 0 N–H and O–H groups in total. The molecule has 0 unspecified atom stereocenters. The summed E-state index contributed by atoms with van der Waals surface area (Å²) >= 11 is 5.37. The highest BCUT2D eigenvalue weighted by atomic mass is 35.5. The molecule has 0 aliphatic carbocycles. The summed E-state index contributed by atoms with van der Waals surface area (Å²) in [6.07, 6.45) is -5.58. The number of methoxy groups -OCH3 is 1. The van der Waals surface area contributed by atoms with E-state index < -0.39 is 40.5 Å². The standard InChI is InChI=1S/C10H7ClF4O2/c1-17-8(16)4-5-6(10(13,14)15)2-3-7(11)9(5)12/h2-3H,4H2,1H3. The highest BCUT2D eigenvalue weighted by molar-refractivity contribution is 6.30. The molecule has 1 aromatic rings. The first kappa shape index (κ1) is 13.8. The van der Waals surface area contributed by atoms with Gasteiger partial charge in [0.1, 0.15) is 5.82 Å². The van der Waals surface area contributed by atoms with Gasteiger partial charge in [-0.05, 0) is 12.1 Å². The van der Waals surface area contributed by atoms with Crippen molar-refractivity contribution in [3.05, 3.63) is 34.1 Å². The Balaban J connectivity index is 3.32. The zero-order chi connectivity index (χ0) is 13.2. The Morgan fingerprint density at radius 3 is 2.47 bits per heavy atom. The molecule has 1 rings (SSSR count). The molecule has 0 atom stereocenters. The van der Waals surface area contributed by atoms with Gasteiger partial charge in [0.2, 0.25) is 0 Å². The van der Waals surface area contributed by atoms with E-state index >= 15 is 0 Å². The second-order valence-corrected chi connectivity index (χ2v) is 3.55. The van der Waals surface area contributed by atoms with Crippen LogP contribution in [-0.4, -0.2) is 13.1 Å². The van der Waals surface area contributed by atoms with Crippen LogP contribution in [-0.2, 0) is 22.1 Å². The minimum absolute atomic E-state index is 0.475. The second-order valence-electron chi connectivity index (χ2n) is 3.14. The van der Waals surface area contributed by atoms with Gasteiger partial charge in [-0.3, -0.25) is 4.79 Å². The minimum Gasteiger partial charge on any atom is -0.469 e. The van der Waals surface area contributed by atoms with E-state index in [4.69, 9.17) is 11.6 Å².